The lowest BCUT2D eigenvalue weighted by Crippen LogP contribution is -2.40. The molecule has 0 atom stereocenters. The molecule has 1 heterocycles. The minimum Gasteiger partial charge on any atom is -0.394 e. The van der Waals surface area contributed by atoms with Gasteiger partial charge in [0.2, 0.25) is 0 Å². The third kappa shape index (κ3) is 11.4. The van der Waals surface area contributed by atoms with Crippen molar-refractivity contribution in [3.05, 3.63) is 131 Å². The van der Waals surface area contributed by atoms with Crippen molar-refractivity contribution in [3.63, 3.8) is 0 Å². The first-order valence-electron chi connectivity index (χ1n) is 15.6. The van der Waals surface area contributed by atoms with Gasteiger partial charge in [0.1, 0.15) is 11.2 Å². The fourth-order valence-corrected chi connectivity index (χ4v) is 6.06. The van der Waals surface area contributed by atoms with E-state index in [1.807, 2.05) is 36.0 Å². The molecule has 2 aliphatic rings. The highest BCUT2D eigenvalue weighted by Gasteiger charge is 2.37. The summed E-state index contributed by atoms with van der Waals surface area (Å²) in [6, 6.07) is 35.2. The maximum absolute atomic E-state index is 12.1. The molecule has 6 heteroatoms. The van der Waals surface area contributed by atoms with E-state index in [4.69, 9.17) is 5.11 Å². The van der Waals surface area contributed by atoms with Crippen LogP contribution < -0.4 is 0 Å². The van der Waals surface area contributed by atoms with Gasteiger partial charge in [-0.25, -0.2) is 0 Å². The molecule has 4 aromatic rings. The van der Waals surface area contributed by atoms with Gasteiger partial charge in [-0.15, -0.1) is 0 Å². The minimum absolute atomic E-state index is 0.109. The molecule has 0 saturated heterocycles. The fourth-order valence-electron chi connectivity index (χ4n) is 4.99. The number of aliphatic hydroxyl groups is 3. The molecular formula is C39H46O5S. The van der Waals surface area contributed by atoms with E-state index in [2.05, 4.69) is 48.5 Å². The van der Waals surface area contributed by atoms with E-state index < -0.39 is 11.2 Å². The van der Waals surface area contributed by atoms with Crippen LogP contribution in [0.15, 0.2) is 119 Å². The standard InChI is InChI=1S/C13H16O2.C13H10S.C10H12O2.C3H8O/c14-12(11-7-3-1-4-8-11)13(15)9-5-2-6-10-13;1-3-7-12-10(5-1)9-11-6-2-4-8-13(11)14-12;1-10(2,12)9(11)8-6-4-3-5-7-8;1-3(2)4/h1,3-4,7-8,15H,2,5-6,9-10H2;1-8H,9H2;3-7,12H,1-2H3;3-4H,1-2H3. The molecule has 3 N–H and O–H groups in total. The van der Waals surface area contributed by atoms with E-state index in [-0.39, 0.29) is 17.7 Å². The number of carbonyl (C=O) groups is 2. The van der Waals surface area contributed by atoms with Crippen LogP contribution in [0.4, 0.5) is 0 Å². The lowest BCUT2D eigenvalue weighted by Gasteiger charge is -2.30. The van der Waals surface area contributed by atoms with Crippen LogP contribution in [-0.4, -0.2) is 44.2 Å². The SMILES string of the molecule is CC(C)(O)C(=O)c1ccccc1.CC(C)O.O=C(c1ccccc1)C1(O)CCCCC1.c1ccc2c(c1)Cc1ccccc1S2. The lowest BCUT2D eigenvalue weighted by molar-refractivity contribution is 0.0116. The molecule has 0 radical (unpaired) electrons. The van der Waals surface area contributed by atoms with E-state index >= 15 is 0 Å². The Morgan fingerprint density at radius 2 is 1.09 bits per heavy atom. The molecule has 1 fully saturated rings. The maximum Gasteiger partial charge on any atom is 0.194 e. The summed E-state index contributed by atoms with van der Waals surface area (Å²) < 4.78 is 0. The van der Waals surface area contributed by atoms with Crippen molar-refractivity contribution in [3.8, 4) is 0 Å². The van der Waals surface area contributed by atoms with E-state index in [1.165, 1.54) is 34.8 Å². The van der Waals surface area contributed by atoms with Crippen LogP contribution in [-0.2, 0) is 6.42 Å². The van der Waals surface area contributed by atoms with Crippen LogP contribution in [0.5, 0.6) is 0 Å². The molecular weight excluding hydrogens is 580 g/mol. The summed E-state index contributed by atoms with van der Waals surface area (Å²) in [5.41, 5.74) is 1.71. The first-order valence-corrected chi connectivity index (χ1v) is 16.4. The quantitative estimate of drug-likeness (QED) is 0.174. The number of hydrogen-bond acceptors (Lipinski definition) is 6. The molecule has 1 saturated carbocycles. The Kier molecular flexibility index (Phi) is 13.8. The van der Waals surface area contributed by atoms with E-state index in [0.29, 0.717) is 24.0 Å². The largest absolute Gasteiger partial charge is 0.394 e. The molecule has 238 valence electrons. The third-order valence-electron chi connectivity index (χ3n) is 7.28. The summed E-state index contributed by atoms with van der Waals surface area (Å²) >= 11 is 1.88. The zero-order valence-corrected chi connectivity index (χ0v) is 27.6. The van der Waals surface area contributed by atoms with Crippen molar-refractivity contribution in [1.29, 1.82) is 0 Å². The van der Waals surface area contributed by atoms with Crippen molar-refractivity contribution < 1.29 is 24.9 Å². The predicted molar refractivity (Wildman–Crippen MR) is 183 cm³/mol. The minimum atomic E-state index is -1.28. The second-order valence-corrected chi connectivity index (χ2v) is 13.2. The molecule has 0 spiro atoms. The molecule has 5 nitrogen and oxygen atoms in total. The van der Waals surface area contributed by atoms with Crippen LogP contribution in [0, 0.1) is 0 Å². The van der Waals surface area contributed by atoms with Gasteiger partial charge in [-0.2, -0.15) is 0 Å². The van der Waals surface area contributed by atoms with Gasteiger partial charge in [0.05, 0.1) is 0 Å². The third-order valence-corrected chi connectivity index (χ3v) is 8.51. The second kappa shape index (κ2) is 17.2. The smallest absolute Gasteiger partial charge is 0.194 e. The molecule has 45 heavy (non-hydrogen) atoms. The molecule has 4 aromatic carbocycles. The van der Waals surface area contributed by atoms with Crippen LogP contribution in [0.1, 0.15) is 91.6 Å². The predicted octanol–water partition coefficient (Wildman–Crippen LogP) is 8.33. The van der Waals surface area contributed by atoms with Crippen LogP contribution in [0.3, 0.4) is 0 Å². The monoisotopic (exact) mass is 626 g/mol. The molecule has 0 aromatic heterocycles. The summed E-state index contributed by atoms with van der Waals surface area (Å²) in [7, 11) is 0. The van der Waals surface area contributed by atoms with Crippen molar-refractivity contribution in [2.45, 2.75) is 93.3 Å². The summed E-state index contributed by atoms with van der Waals surface area (Å²) in [6.07, 6.45) is 5.18. The highest BCUT2D eigenvalue weighted by Crippen LogP contribution is 2.38. The highest BCUT2D eigenvalue weighted by molar-refractivity contribution is 7.99. The summed E-state index contributed by atoms with van der Waals surface area (Å²) in [5.74, 6) is -0.356. The number of hydrogen-bond donors (Lipinski definition) is 3. The van der Waals surface area contributed by atoms with Gasteiger partial charge < -0.3 is 15.3 Å². The van der Waals surface area contributed by atoms with E-state index in [9.17, 15) is 19.8 Å². The lowest BCUT2D eigenvalue weighted by atomic mass is 9.79. The van der Waals surface area contributed by atoms with E-state index in [1.54, 1.807) is 50.2 Å². The van der Waals surface area contributed by atoms with Crippen molar-refractivity contribution >= 4 is 23.3 Å². The van der Waals surface area contributed by atoms with Crippen molar-refractivity contribution in [2.75, 3.05) is 0 Å². The number of rotatable bonds is 4. The molecule has 0 bridgehead atoms. The molecule has 0 unspecified atom stereocenters. The summed E-state index contributed by atoms with van der Waals surface area (Å²) in [4.78, 5) is 26.3. The molecule has 1 aliphatic carbocycles. The van der Waals surface area contributed by atoms with Gasteiger partial charge in [-0.05, 0) is 70.2 Å². The average molecular weight is 627 g/mol. The number of Topliss-reactive ketones (excluding diaryl/α,β-unsaturated/α-hetero) is 2. The van der Waals surface area contributed by atoms with Gasteiger partial charge in [0.15, 0.2) is 11.6 Å². The Labute approximate surface area is 272 Å². The Morgan fingerprint density at radius 3 is 1.53 bits per heavy atom. The van der Waals surface area contributed by atoms with Crippen molar-refractivity contribution in [1.82, 2.24) is 0 Å². The summed E-state index contributed by atoms with van der Waals surface area (Å²) in [6.45, 7) is 6.42. The number of carbonyl (C=O) groups excluding carboxylic acids is 2. The van der Waals surface area contributed by atoms with Gasteiger partial charge in [-0.3, -0.25) is 9.59 Å². The number of benzene rings is 4. The molecule has 6 rings (SSSR count). The Balaban J connectivity index is 0.000000175. The fraction of sp³-hybridized carbons (Fsp3) is 0.333. The van der Waals surface area contributed by atoms with Gasteiger partial charge in [0.25, 0.3) is 0 Å². The second-order valence-electron chi connectivity index (χ2n) is 12.1. The van der Waals surface area contributed by atoms with Crippen LogP contribution in [0.2, 0.25) is 0 Å². The van der Waals surface area contributed by atoms with Crippen molar-refractivity contribution in [2.24, 2.45) is 0 Å². The zero-order valence-electron chi connectivity index (χ0n) is 26.8. The molecule has 1 aliphatic heterocycles. The summed E-state index contributed by atoms with van der Waals surface area (Å²) in [5, 5.41) is 27.7. The van der Waals surface area contributed by atoms with Crippen LogP contribution in [0.25, 0.3) is 0 Å². The van der Waals surface area contributed by atoms with E-state index in [0.717, 1.165) is 25.7 Å². The first kappa shape index (κ1) is 35.9. The van der Waals surface area contributed by atoms with Gasteiger partial charge in [0, 0.05) is 27.0 Å². The van der Waals surface area contributed by atoms with Gasteiger partial charge in [-0.1, -0.05) is 128 Å². The Hall–Kier alpha value is -3.55. The molecule has 0 amide bonds. The number of ketones is 2. The number of fused-ring (bicyclic) bond motifs is 2. The number of aliphatic hydroxyl groups excluding tert-OH is 1. The first-order chi connectivity index (χ1) is 21.4. The maximum atomic E-state index is 12.1. The highest BCUT2D eigenvalue weighted by atomic mass is 32.2. The zero-order chi connectivity index (χ0) is 32.9. The van der Waals surface area contributed by atoms with Gasteiger partial charge >= 0.3 is 0 Å². The van der Waals surface area contributed by atoms with Crippen LogP contribution >= 0.6 is 11.8 Å². The average Bonchev–Trinajstić information content (AvgIpc) is 3.04. The Bertz CT molecular complexity index is 1400. The Morgan fingerprint density at radius 1 is 0.689 bits per heavy atom. The normalized spacial score (nSPS) is 14.5. The topological polar surface area (TPSA) is 94.8 Å².